The predicted molar refractivity (Wildman–Crippen MR) is 180 cm³/mol. The van der Waals surface area contributed by atoms with Crippen molar-refractivity contribution >= 4 is 27.7 Å². The van der Waals surface area contributed by atoms with Gasteiger partial charge in [0.1, 0.15) is 5.75 Å². The molecule has 1 amide bonds. The zero-order valence-corrected chi connectivity index (χ0v) is 27.0. The van der Waals surface area contributed by atoms with Gasteiger partial charge in [0, 0.05) is 40.9 Å². The molecule has 4 aromatic rings. The number of aliphatic hydroxyl groups is 1. The number of benzene rings is 4. The maximum atomic E-state index is 14.5. The lowest BCUT2D eigenvalue weighted by atomic mass is 9.81. The standard InChI is InChI=1S/C35H35BrN6O4/c1-24-6-4-7-26(20-24)22-38-41-34(44)35(21-25-10-14-29(36)15-11-25)32(31-9-3-2-8-28(31)23-39-42-37)46-33(40-35)27-12-16-30(17-13-27)45-19-5-18-43/h2-4,6-17,20,32,38,43H,5,18-19,21-23H2,1H3,(H,41,44)/t32-,35-/m0/s1. The van der Waals surface area contributed by atoms with Crippen molar-refractivity contribution in [2.24, 2.45) is 10.1 Å². The molecule has 0 aliphatic carbocycles. The van der Waals surface area contributed by atoms with E-state index in [1.807, 2.05) is 85.8 Å². The Morgan fingerprint density at radius 3 is 2.59 bits per heavy atom. The van der Waals surface area contributed by atoms with E-state index in [1.54, 1.807) is 12.1 Å². The van der Waals surface area contributed by atoms with Crippen molar-refractivity contribution in [3.8, 4) is 5.75 Å². The van der Waals surface area contributed by atoms with Gasteiger partial charge in [0.25, 0.3) is 5.91 Å². The summed E-state index contributed by atoms with van der Waals surface area (Å²) >= 11 is 3.51. The maximum absolute atomic E-state index is 14.5. The second-order valence-electron chi connectivity index (χ2n) is 11.0. The van der Waals surface area contributed by atoms with Gasteiger partial charge >= 0.3 is 0 Å². The molecular formula is C35H35BrN6O4. The number of hydrazine groups is 1. The number of nitrogens with zero attached hydrogens (tertiary/aromatic N) is 4. The summed E-state index contributed by atoms with van der Waals surface area (Å²) in [5, 5.41) is 12.9. The van der Waals surface area contributed by atoms with Gasteiger partial charge in [-0.05, 0) is 71.1 Å². The number of hydrogen-bond acceptors (Lipinski definition) is 7. The molecule has 0 radical (unpaired) electrons. The van der Waals surface area contributed by atoms with Crippen molar-refractivity contribution in [1.82, 2.24) is 10.9 Å². The Balaban J connectivity index is 1.56. The number of aliphatic hydroxyl groups excluding tert-OH is 1. The van der Waals surface area contributed by atoms with Crippen LogP contribution in [0.3, 0.4) is 0 Å². The molecule has 0 bridgehead atoms. The highest BCUT2D eigenvalue weighted by Gasteiger charge is 2.54. The number of halogens is 1. The van der Waals surface area contributed by atoms with Crippen LogP contribution in [0, 0.1) is 6.92 Å². The Morgan fingerprint density at radius 1 is 1.07 bits per heavy atom. The van der Waals surface area contributed by atoms with Gasteiger partial charge in [-0.25, -0.2) is 10.4 Å². The van der Waals surface area contributed by atoms with Gasteiger partial charge in [-0.2, -0.15) is 0 Å². The van der Waals surface area contributed by atoms with Gasteiger partial charge in [-0.3, -0.25) is 10.2 Å². The van der Waals surface area contributed by atoms with Crippen molar-refractivity contribution in [1.29, 1.82) is 0 Å². The van der Waals surface area contributed by atoms with Crippen LogP contribution in [0.2, 0.25) is 0 Å². The van der Waals surface area contributed by atoms with Crippen LogP contribution in [0.25, 0.3) is 10.4 Å². The molecule has 1 aliphatic heterocycles. The quantitative estimate of drug-likeness (QED) is 0.0449. The van der Waals surface area contributed by atoms with Gasteiger partial charge in [0.15, 0.2) is 11.6 Å². The molecule has 0 saturated carbocycles. The first kappa shape index (κ1) is 32.7. The third-order valence-electron chi connectivity index (χ3n) is 7.64. The number of hydrogen-bond donors (Lipinski definition) is 3. The van der Waals surface area contributed by atoms with Crippen molar-refractivity contribution in [3.63, 3.8) is 0 Å². The largest absolute Gasteiger partial charge is 0.494 e. The van der Waals surface area contributed by atoms with E-state index in [0.717, 1.165) is 26.7 Å². The Morgan fingerprint density at radius 2 is 1.85 bits per heavy atom. The lowest BCUT2D eigenvalue weighted by Crippen LogP contribution is -2.53. The first-order valence-electron chi connectivity index (χ1n) is 14.9. The number of aryl methyl sites for hydroxylation is 1. The number of aliphatic imine (C=N–C) groups is 1. The molecule has 0 spiro atoms. The van der Waals surface area contributed by atoms with E-state index < -0.39 is 11.6 Å². The smallest absolute Gasteiger partial charge is 0.266 e. The molecule has 0 fully saturated rings. The van der Waals surface area contributed by atoms with Gasteiger partial charge in [-0.1, -0.05) is 87.3 Å². The van der Waals surface area contributed by atoms with Gasteiger partial charge in [-0.15, -0.1) is 0 Å². The highest BCUT2D eigenvalue weighted by molar-refractivity contribution is 9.10. The zero-order valence-electron chi connectivity index (χ0n) is 25.4. The molecule has 2 atom stereocenters. The number of rotatable bonds is 14. The Bertz CT molecular complexity index is 1720. The van der Waals surface area contributed by atoms with Gasteiger partial charge < -0.3 is 14.6 Å². The fourth-order valence-corrected chi connectivity index (χ4v) is 5.64. The molecule has 5 rings (SSSR count). The van der Waals surface area contributed by atoms with Crippen LogP contribution >= 0.6 is 15.9 Å². The van der Waals surface area contributed by atoms with Crippen LogP contribution < -0.4 is 15.6 Å². The summed E-state index contributed by atoms with van der Waals surface area (Å²) in [7, 11) is 0. The van der Waals surface area contributed by atoms with Crippen LogP contribution in [0.15, 0.2) is 112 Å². The minimum Gasteiger partial charge on any atom is -0.494 e. The van der Waals surface area contributed by atoms with Crippen LogP contribution in [0.4, 0.5) is 0 Å². The van der Waals surface area contributed by atoms with E-state index in [1.165, 1.54) is 0 Å². The Kier molecular flexibility index (Phi) is 11.1. The first-order chi connectivity index (χ1) is 22.4. The van der Waals surface area contributed by atoms with Crippen molar-refractivity contribution in [3.05, 3.63) is 145 Å². The Labute approximate surface area is 276 Å². The summed E-state index contributed by atoms with van der Waals surface area (Å²) < 4.78 is 13.3. The first-order valence-corrected chi connectivity index (χ1v) is 15.7. The molecule has 0 saturated heterocycles. The SMILES string of the molecule is Cc1cccc(CNNC(=O)[C@@]2(Cc3ccc(Br)cc3)N=C(c3ccc(OCCCO)cc3)O[C@H]2c2ccccc2CN=[N+]=[N-])c1. The third-order valence-corrected chi connectivity index (χ3v) is 8.16. The monoisotopic (exact) mass is 682 g/mol. The number of ether oxygens (including phenoxy) is 2. The van der Waals surface area contributed by atoms with Crippen LogP contribution in [-0.2, 0) is 29.0 Å². The second-order valence-corrected chi connectivity index (χ2v) is 11.9. The number of nitrogens with one attached hydrogen (secondary N) is 2. The zero-order chi connectivity index (χ0) is 32.4. The molecule has 1 aliphatic rings. The highest BCUT2D eigenvalue weighted by Crippen LogP contribution is 2.44. The molecule has 0 unspecified atom stereocenters. The van der Waals surface area contributed by atoms with Crippen molar-refractivity contribution in [2.75, 3.05) is 13.2 Å². The van der Waals surface area contributed by atoms with E-state index >= 15 is 0 Å². The summed E-state index contributed by atoms with van der Waals surface area (Å²) in [6, 6.07) is 30.6. The van der Waals surface area contributed by atoms with E-state index in [-0.39, 0.29) is 25.5 Å². The predicted octanol–water partition coefficient (Wildman–Crippen LogP) is 6.65. The van der Waals surface area contributed by atoms with E-state index in [9.17, 15) is 4.79 Å². The molecule has 11 heteroatoms. The van der Waals surface area contributed by atoms with Gasteiger partial charge in [0.05, 0.1) is 13.2 Å². The number of amides is 1. The van der Waals surface area contributed by atoms with E-state index in [4.69, 9.17) is 25.1 Å². The third kappa shape index (κ3) is 7.94. The van der Waals surface area contributed by atoms with Crippen LogP contribution in [0.1, 0.15) is 45.9 Å². The van der Waals surface area contributed by atoms with E-state index in [0.29, 0.717) is 42.3 Å². The second kappa shape index (κ2) is 15.6. The molecule has 236 valence electrons. The lowest BCUT2D eigenvalue weighted by Gasteiger charge is -2.32. The minimum absolute atomic E-state index is 0.0492. The molecule has 4 aromatic carbocycles. The minimum atomic E-state index is -1.44. The van der Waals surface area contributed by atoms with Crippen molar-refractivity contribution < 1.29 is 19.4 Å². The lowest BCUT2D eigenvalue weighted by molar-refractivity contribution is -0.130. The molecule has 3 N–H and O–H groups in total. The van der Waals surface area contributed by atoms with Crippen LogP contribution in [0.5, 0.6) is 5.75 Å². The summed E-state index contributed by atoms with van der Waals surface area (Å²) in [6.07, 6.45) is -0.0949. The van der Waals surface area contributed by atoms with Crippen molar-refractivity contribution in [2.45, 2.75) is 44.5 Å². The molecule has 10 nitrogen and oxygen atoms in total. The Hall–Kier alpha value is -4.67. The summed E-state index contributed by atoms with van der Waals surface area (Å²) in [4.78, 5) is 22.5. The number of carbonyl (C=O) groups is 1. The molecule has 46 heavy (non-hydrogen) atoms. The number of carbonyl (C=O) groups excluding carboxylic acids is 1. The van der Waals surface area contributed by atoms with E-state index in [2.05, 4.69) is 42.9 Å². The summed E-state index contributed by atoms with van der Waals surface area (Å²) in [5.41, 5.74) is 18.8. The fraction of sp³-hybridized carbons (Fsp3) is 0.257. The van der Waals surface area contributed by atoms with Gasteiger partial charge in [0.2, 0.25) is 5.90 Å². The maximum Gasteiger partial charge on any atom is 0.266 e. The molecular weight excluding hydrogens is 648 g/mol. The topological polar surface area (TPSA) is 141 Å². The summed E-state index contributed by atoms with van der Waals surface area (Å²) in [6.45, 7) is 2.96. The average molecular weight is 684 g/mol. The number of azide groups is 1. The normalized spacial score (nSPS) is 17.0. The molecule has 0 aromatic heterocycles. The molecule has 1 heterocycles. The summed E-state index contributed by atoms with van der Waals surface area (Å²) in [5.74, 6) is 0.577. The highest BCUT2D eigenvalue weighted by atomic mass is 79.9. The fourth-order valence-electron chi connectivity index (χ4n) is 5.37. The average Bonchev–Trinajstić information content (AvgIpc) is 3.45. The van der Waals surface area contributed by atoms with Crippen LogP contribution in [-0.4, -0.2) is 35.7 Å².